The molecular weight excluding hydrogens is 248 g/mol. The van der Waals surface area contributed by atoms with Crippen LogP contribution in [0.25, 0.3) is 0 Å². The standard InChI is InChI=1S/C9H12N2O3S2/c1-15-3-2-6(9(13)14)11-8(12)7-4-16-5-10-7/h4-6H,2-3H2,1H3,(H,11,12)(H,13,14)/t6-/m0/s1. The van der Waals surface area contributed by atoms with Gasteiger partial charge in [0, 0.05) is 5.38 Å². The fraction of sp³-hybridized carbons (Fsp3) is 0.444. The SMILES string of the molecule is CSCC[C@H](NC(=O)c1cscn1)C(=O)O. The summed E-state index contributed by atoms with van der Waals surface area (Å²) in [5.74, 6) is -0.763. The highest BCUT2D eigenvalue weighted by Crippen LogP contribution is 2.04. The van der Waals surface area contributed by atoms with Crippen molar-refractivity contribution in [2.45, 2.75) is 12.5 Å². The van der Waals surface area contributed by atoms with Crippen molar-refractivity contribution in [3.05, 3.63) is 16.6 Å². The molecule has 1 amide bonds. The van der Waals surface area contributed by atoms with Crippen molar-refractivity contribution in [3.8, 4) is 0 Å². The van der Waals surface area contributed by atoms with E-state index in [1.165, 1.54) is 16.8 Å². The van der Waals surface area contributed by atoms with Crippen LogP contribution in [0.1, 0.15) is 16.9 Å². The summed E-state index contributed by atoms with van der Waals surface area (Å²) in [6, 6.07) is -0.846. The molecule has 0 aliphatic carbocycles. The zero-order valence-electron chi connectivity index (χ0n) is 8.67. The molecular formula is C9H12N2O3S2. The maximum atomic E-state index is 11.5. The first-order valence-corrected chi connectivity index (χ1v) is 6.89. The first-order chi connectivity index (χ1) is 7.65. The molecule has 7 heteroatoms. The highest BCUT2D eigenvalue weighted by atomic mass is 32.2. The van der Waals surface area contributed by atoms with Crippen LogP contribution in [0.15, 0.2) is 10.9 Å². The van der Waals surface area contributed by atoms with Gasteiger partial charge in [0.05, 0.1) is 5.51 Å². The number of thioether (sulfide) groups is 1. The maximum Gasteiger partial charge on any atom is 0.326 e. The highest BCUT2D eigenvalue weighted by Gasteiger charge is 2.20. The number of rotatable bonds is 6. The van der Waals surface area contributed by atoms with Crippen LogP contribution >= 0.6 is 23.1 Å². The molecule has 1 aromatic rings. The zero-order valence-corrected chi connectivity index (χ0v) is 10.3. The summed E-state index contributed by atoms with van der Waals surface area (Å²) in [4.78, 5) is 26.2. The first kappa shape index (κ1) is 13.0. The average molecular weight is 260 g/mol. The van der Waals surface area contributed by atoms with Gasteiger partial charge in [0.2, 0.25) is 0 Å². The number of aliphatic carboxylic acids is 1. The third-order valence-corrected chi connectivity index (χ3v) is 3.11. The first-order valence-electron chi connectivity index (χ1n) is 4.56. The van der Waals surface area contributed by atoms with Crippen LogP contribution < -0.4 is 5.32 Å². The summed E-state index contributed by atoms with van der Waals surface area (Å²) >= 11 is 2.84. The topological polar surface area (TPSA) is 79.3 Å². The number of aromatic nitrogens is 1. The number of hydrogen-bond acceptors (Lipinski definition) is 5. The molecule has 0 radical (unpaired) electrons. The molecule has 0 fully saturated rings. The minimum Gasteiger partial charge on any atom is -0.480 e. The molecule has 1 atom stereocenters. The van der Waals surface area contributed by atoms with Crippen molar-refractivity contribution in [3.63, 3.8) is 0 Å². The number of thiazole rings is 1. The van der Waals surface area contributed by atoms with Crippen LogP contribution in [0.3, 0.4) is 0 Å². The molecule has 16 heavy (non-hydrogen) atoms. The largest absolute Gasteiger partial charge is 0.480 e. The minimum atomic E-state index is -1.02. The number of amides is 1. The summed E-state index contributed by atoms with van der Waals surface area (Å²) in [5.41, 5.74) is 1.80. The van der Waals surface area contributed by atoms with E-state index >= 15 is 0 Å². The summed E-state index contributed by atoms with van der Waals surface area (Å²) in [6.07, 6.45) is 2.30. The van der Waals surface area contributed by atoms with Gasteiger partial charge in [-0.05, 0) is 18.4 Å². The number of nitrogens with zero attached hydrogens (tertiary/aromatic N) is 1. The second-order valence-electron chi connectivity index (χ2n) is 3.02. The molecule has 2 N–H and O–H groups in total. The van der Waals surface area contributed by atoms with E-state index in [-0.39, 0.29) is 5.69 Å². The van der Waals surface area contributed by atoms with E-state index in [1.54, 1.807) is 17.1 Å². The second-order valence-corrected chi connectivity index (χ2v) is 4.72. The lowest BCUT2D eigenvalue weighted by atomic mass is 10.2. The van der Waals surface area contributed by atoms with Gasteiger partial charge in [0.15, 0.2) is 0 Å². The van der Waals surface area contributed by atoms with Gasteiger partial charge in [0.1, 0.15) is 11.7 Å². The van der Waals surface area contributed by atoms with Crippen molar-refractivity contribution in [1.29, 1.82) is 0 Å². The number of carboxylic acids is 1. The van der Waals surface area contributed by atoms with Crippen LogP contribution in [0.5, 0.6) is 0 Å². The van der Waals surface area contributed by atoms with Crippen LogP contribution in [0, 0.1) is 0 Å². The van der Waals surface area contributed by atoms with Gasteiger partial charge in [-0.1, -0.05) is 0 Å². The van der Waals surface area contributed by atoms with Crippen LogP contribution in [0.2, 0.25) is 0 Å². The van der Waals surface area contributed by atoms with Gasteiger partial charge in [-0.25, -0.2) is 9.78 Å². The van der Waals surface area contributed by atoms with E-state index in [4.69, 9.17) is 5.11 Å². The van der Waals surface area contributed by atoms with Crippen LogP contribution in [-0.4, -0.2) is 40.0 Å². The molecule has 0 aliphatic rings. The van der Waals surface area contributed by atoms with Crippen molar-refractivity contribution >= 4 is 35.0 Å². The van der Waals surface area contributed by atoms with Gasteiger partial charge in [-0.3, -0.25) is 4.79 Å². The van der Waals surface area contributed by atoms with Crippen molar-refractivity contribution in [2.24, 2.45) is 0 Å². The number of hydrogen-bond donors (Lipinski definition) is 2. The molecule has 0 aromatic carbocycles. The minimum absolute atomic E-state index is 0.264. The molecule has 0 saturated carbocycles. The van der Waals surface area contributed by atoms with E-state index in [2.05, 4.69) is 10.3 Å². The third kappa shape index (κ3) is 3.82. The van der Waals surface area contributed by atoms with Crippen molar-refractivity contribution < 1.29 is 14.7 Å². The average Bonchev–Trinajstić information content (AvgIpc) is 2.76. The predicted molar refractivity (Wildman–Crippen MR) is 64.0 cm³/mol. The van der Waals surface area contributed by atoms with Gasteiger partial charge >= 0.3 is 5.97 Å². The predicted octanol–water partition coefficient (Wildman–Crippen LogP) is 1.08. The van der Waals surface area contributed by atoms with Crippen LogP contribution in [-0.2, 0) is 4.79 Å². The van der Waals surface area contributed by atoms with Gasteiger partial charge in [0.25, 0.3) is 5.91 Å². The molecule has 0 saturated heterocycles. The Kier molecular flexibility index (Phi) is 5.27. The zero-order chi connectivity index (χ0) is 12.0. The van der Waals surface area contributed by atoms with E-state index in [0.29, 0.717) is 12.2 Å². The Labute approximate surface area is 101 Å². The molecule has 0 aliphatic heterocycles. The lowest BCUT2D eigenvalue weighted by Gasteiger charge is -2.12. The molecule has 0 unspecified atom stereocenters. The summed E-state index contributed by atoms with van der Waals surface area (Å²) in [5, 5.41) is 12.9. The Morgan fingerprint density at radius 2 is 2.44 bits per heavy atom. The molecule has 0 bridgehead atoms. The molecule has 88 valence electrons. The lowest BCUT2D eigenvalue weighted by molar-refractivity contribution is -0.139. The van der Waals surface area contributed by atoms with Crippen molar-refractivity contribution in [1.82, 2.24) is 10.3 Å². The fourth-order valence-corrected chi connectivity index (χ4v) is 2.05. The van der Waals surface area contributed by atoms with Gasteiger partial charge in [-0.15, -0.1) is 11.3 Å². The molecule has 0 spiro atoms. The Balaban J connectivity index is 2.54. The van der Waals surface area contributed by atoms with Gasteiger partial charge < -0.3 is 10.4 Å². The molecule has 5 nitrogen and oxygen atoms in total. The molecule has 1 aromatic heterocycles. The summed E-state index contributed by atoms with van der Waals surface area (Å²) < 4.78 is 0. The number of nitrogens with one attached hydrogen (secondary N) is 1. The monoisotopic (exact) mass is 260 g/mol. The van der Waals surface area contributed by atoms with E-state index in [0.717, 1.165) is 0 Å². The Morgan fingerprint density at radius 3 is 2.94 bits per heavy atom. The van der Waals surface area contributed by atoms with E-state index in [9.17, 15) is 9.59 Å². The highest BCUT2D eigenvalue weighted by molar-refractivity contribution is 7.98. The molecule has 1 heterocycles. The number of carbonyl (C=O) groups excluding carboxylic acids is 1. The summed E-state index contributed by atoms with van der Waals surface area (Å²) in [7, 11) is 0. The Morgan fingerprint density at radius 1 is 1.69 bits per heavy atom. The van der Waals surface area contributed by atoms with Crippen molar-refractivity contribution in [2.75, 3.05) is 12.0 Å². The smallest absolute Gasteiger partial charge is 0.326 e. The van der Waals surface area contributed by atoms with Gasteiger partial charge in [-0.2, -0.15) is 11.8 Å². The quantitative estimate of drug-likeness (QED) is 0.800. The number of carbonyl (C=O) groups is 2. The Hall–Kier alpha value is -1.08. The second kappa shape index (κ2) is 6.49. The Bertz CT molecular complexity index is 354. The summed E-state index contributed by atoms with van der Waals surface area (Å²) in [6.45, 7) is 0. The maximum absolute atomic E-state index is 11.5. The van der Waals surface area contributed by atoms with Crippen LogP contribution in [0.4, 0.5) is 0 Å². The number of carboxylic acid groups (broad SMARTS) is 1. The molecule has 1 rings (SSSR count). The third-order valence-electron chi connectivity index (χ3n) is 1.88. The van der Waals surface area contributed by atoms with E-state index in [1.807, 2.05) is 6.26 Å². The fourth-order valence-electron chi connectivity index (χ4n) is 1.05. The normalized spacial score (nSPS) is 12.1. The lowest BCUT2D eigenvalue weighted by Crippen LogP contribution is -2.41. The van der Waals surface area contributed by atoms with E-state index < -0.39 is 17.9 Å².